The number of likely N-dealkylation sites (tertiary alicyclic amines) is 1. The fourth-order valence-corrected chi connectivity index (χ4v) is 2.96. The van der Waals surface area contributed by atoms with Crippen molar-refractivity contribution in [2.75, 3.05) is 6.54 Å². The number of benzene rings is 1. The number of hydrogen-bond acceptors (Lipinski definition) is 4. The average Bonchev–Trinajstić information content (AvgIpc) is 3.02. The van der Waals surface area contributed by atoms with E-state index in [1.54, 1.807) is 0 Å². The van der Waals surface area contributed by atoms with E-state index in [4.69, 9.17) is 5.73 Å². The minimum atomic E-state index is -4.49. The predicted molar refractivity (Wildman–Crippen MR) is 83.7 cm³/mol. The average molecular weight is 353 g/mol. The van der Waals surface area contributed by atoms with Crippen LogP contribution in [0, 0.1) is 0 Å². The van der Waals surface area contributed by atoms with E-state index >= 15 is 0 Å². The molecule has 2 heterocycles. The summed E-state index contributed by atoms with van der Waals surface area (Å²) in [5.41, 5.74) is 6.58. The summed E-state index contributed by atoms with van der Waals surface area (Å²) in [5, 5.41) is 7.58. The molecule has 25 heavy (non-hydrogen) atoms. The first-order valence-corrected chi connectivity index (χ1v) is 7.92. The van der Waals surface area contributed by atoms with Gasteiger partial charge >= 0.3 is 6.18 Å². The van der Waals surface area contributed by atoms with Crippen LogP contribution in [0.3, 0.4) is 0 Å². The molecule has 1 aliphatic heterocycles. The zero-order chi connectivity index (χ0) is 18.0. The summed E-state index contributed by atoms with van der Waals surface area (Å²) >= 11 is 0. The molecule has 1 aliphatic rings. The van der Waals surface area contributed by atoms with Gasteiger partial charge in [-0.25, -0.2) is 4.68 Å². The van der Waals surface area contributed by atoms with Crippen LogP contribution in [-0.2, 0) is 6.54 Å². The molecule has 0 bridgehead atoms. The van der Waals surface area contributed by atoms with Gasteiger partial charge in [0.15, 0.2) is 5.69 Å². The first-order valence-electron chi connectivity index (χ1n) is 7.92. The van der Waals surface area contributed by atoms with Crippen molar-refractivity contribution in [3.8, 4) is 0 Å². The Morgan fingerprint density at radius 1 is 1.24 bits per heavy atom. The smallest absolute Gasteiger partial charge is 0.326 e. The molecule has 0 saturated carbocycles. The molecule has 0 aliphatic carbocycles. The zero-order valence-electron chi connectivity index (χ0n) is 13.4. The topological polar surface area (TPSA) is 77.0 Å². The molecule has 0 spiro atoms. The van der Waals surface area contributed by atoms with Crippen LogP contribution in [0.4, 0.5) is 13.2 Å². The second-order valence-corrected chi connectivity index (χ2v) is 6.14. The first-order chi connectivity index (χ1) is 11.8. The highest BCUT2D eigenvalue weighted by atomic mass is 19.4. The van der Waals surface area contributed by atoms with E-state index in [2.05, 4.69) is 10.3 Å². The van der Waals surface area contributed by atoms with Crippen molar-refractivity contribution in [1.82, 2.24) is 19.9 Å². The maximum absolute atomic E-state index is 13.2. The minimum absolute atomic E-state index is 0.112. The van der Waals surface area contributed by atoms with Gasteiger partial charge in [-0.2, -0.15) is 13.2 Å². The van der Waals surface area contributed by atoms with Gasteiger partial charge in [-0.15, -0.1) is 5.10 Å². The van der Waals surface area contributed by atoms with Gasteiger partial charge in [-0.3, -0.25) is 4.79 Å². The van der Waals surface area contributed by atoms with Crippen LogP contribution in [0.25, 0.3) is 0 Å². The van der Waals surface area contributed by atoms with Crippen LogP contribution in [-0.4, -0.2) is 50.6 Å². The molecule has 0 radical (unpaired) electrons. The number of nitrogens with zero attached hydrogens (tertiary/aromatic N) is 4. The molecule has 2 atom stereocenters. The number of amides is 1. The summed E-state index contributed by atoms with van der Waals surface area (Å²) in [7, 11) is 0. The van der Waals surface area contributed by atoms with Crippen molar-refractivity contribution in [2.45, 2.75) is 37.6 Å². The van der Waals surface area contributed by atoms with Crippen LogP contribution in [0.1, 0.15) is 28.9 Å². The Labute approximate surface area is 142 Å². The molecule has 0 unspecified atom stereocenters. The van der Waals surface area contributed by atoms with E-state index < -0.39 is 24.2 Å². The lowest BCUT2D eigenvalue weighted by Crippen LogP contribution is -2.56. The number of hydrogen-bond donors (Lipinski definition) is 1. The summed E-state index contributed by atoms with van der Waals surface area (Å²) in [6, 6.07) is 7.05. The molecule has 6 nitrogen and oxygen atoms in total. The highest BCUT2D eigenvalue weighted by Gasteiger charge is 2.48. The number of aromatic nitrogens is 3. The highest BCUT2D eigenvalue weighted by molar-refractivity contribution is 5.92. The molecule has 2 aromatic rings. The van der Waals surface area contributed by atoms with Gasteiger partial charge in [0.2, 0.25) is 0 Å². The van der Waals surface area contributed by atoms with Crippen molar-refractivity contribution >= 4 is 5.91 Å². The number of piperidine rings is 1. The molecular formula is C16H18F3N5O. The van der Waals surface area contributed by atoms with Crippen LogP contribution in [0.5, 0.6) is 0 Å². The molecule has 1 aromatic heterocycles. The van der Waals surface area contributed by atoms with Gasteiger partial charge < -0.3 is 10.6 Å². The maximum Gasteiger partial charge on any atom is 0.408 e. The van der Waals surface area contributed by atoms with Crippen molar-refractivity contribution in [1.29, 1.82) is 0 Å². The minimum Gasteiger partial charge on any atom is -0.326 e. The molecule has 9 heteroatoms. The third kappa shape index (κ3) is 3.98. The molecule has 3 rings (SSSR count). The monoisotopic (exact) mass is 353 g/mol. The summed E-state index contributed by atoms with van der Waals surface area (Å²) in [5.74, 6) is -0.795. The standard InChI is InChI=1S/C16H18F3N5O/c17-16(18,19)14-7-6-12(20)9-24(14)15(25)13-10-23(22-21-13)8-11-4-2-1-3-5-11/h1-5,10,12,14H,6-9,20H2/t12-,14-/m1/s1. The summed E-state index contributed by atoms with van der Waals surface area (Å²) in [6.07, 6.45) is -3.10. The van der Waals surface area contributed by atoms with Gasteiger partial charge in [0.05, 0.1) is 12.7 Å². The number of alkyl halides is 3. The molecule has 1 saturated heterocycles. The molecule has 1 amide bonds. The Bertz CT molecular complexity index is 731. The fraction of sp³-hybridized carbons (Fsp3) is 0.438. The van der Waals surface area contributed by atoms with E-state index in [-0.39, 0.29) is 25.1 Å². The summed E-state index contributed by atoms with van der Waals surface area (Å²) in [6.45, 7) is 0.234. The second-order valence-electron chi connectivity index (χ2n) is 6.14. The Morgan fingerprint density at radius 2 is 1.96 bits per heavy atom. The third-order valence-electron chi connectivity index (χ3n) is 4.20. The molecule has 1 fully saturated rings. The van der Waals surface area contributed by atoms with Crippen LogP contribution < -0.4 is 5.73 Å². The highest BCUT2D eigenvalue weighted by Crippen LogP contribution is 2.32. The van der Waals surface area contributed by atoms with E-state index in [0.717, 1.165) is 10.5 Å². The normalized spacial score (nSPS) is 21.4. The van der Waals surface area contributed by atoms with Crippen LogP contribution in [0.2, 0.25) is 0 Å². The number of carbonyl (C=O) groups is 1. The SMILES string of the molecule is N[C@@H]1CC[C@H](C(F)(F)F)N(C(=O)c2cn(Cc3ccccc3)nn2)C1. The van der Waals surface area contributed by atoms with Crippen molar-refractivity contribution in [3.63, 3.8) is 0 Å². The molecule has 2 N–H and O–H groups in total. The van der Waals surface area contributed by atoms with Crippen LogP contribution >= 0.6 is 0 Å². The van der Waals surface area contributed by atoms with Crippen LogP contribution in [0.15, 0.2) is 36.5 Å². The maximum atomic E-state index is 13.2. The Hall–Kier alpha value is -2.42. The molecule has 134 valence electrons. The van der Waals surface area contributed by atoms with Crippen molar-refractivity contribution < 1.29 is 18.0 Å². The Morgan fingerprint density at radius 3 is 2.64 bits per heavy atom. The van der Waals surface area contributed by atoms with E-state index in [0.29, 0.717) is 6.54 Å². The largest absolute Gasteiger partial charge is 0.408 e. The quantitative estimate of drug-likeness (QED) is 0.913. The van der Waals surface area contributed by atoms with E-state index in [1.165, 1.54) is 10.9 Å². The van der Waals surface area contributed by atoms with Gasteiger partial charge in [0, 0.05) is 12.6 Å². The van der Waals surface area contributed by atoms with Gasteiger partial charge in [-0.1, -0.05) is 35.5 Å². The fourth-order valence-electron chi connectivity index (χ4n) is 2.96. The Balaban J connectivity index is 1.77. The van der Waals surface area contributed by atoms with E-state index in [1.807, 2.05) is 30.3 Å². The number of halogens is 3. The first kappa shape index (κ1) is 17.4. The summed E-state index contributed by atoms with van der Waals surface area (Å²) < 4.78 is 41.1. The lowest BCUT2D eigenvalue weighted by molar-refractivity contribution is -0.184. The van der Waals surface area contributed by atoms with Gasteiger partial charge in [0.1, 0.15) is 6.04 Å². The van der Waals surface area contributed by atoms with Gasteiger partial charge in [0.25, 0.3) is 5.91 Å². The Kier molecular flexibility index (Phi) is 4.76. The predicted octanol–water partition coefficient (Wildman–Crippen LogP) is 1.82. The lowest BCUT2D eigenvalue weighted by Gasteiger charge is -2.38. The second kappa shape index (κ2) is 6.83. The van der Waals surface area contributed by atoms with Crippen molar-refractivity contribution in [2.24, 2.45) is 5.73 Å². The lowest BCUT2D eigenvalue weighted by atomic mass is 9.98. The number of carbonyl (C=O) groups excluding carboxylic acids is 1. The van der Waals surface area contributed by atoms with Crippen molar-refractivity contribution in [3.05, 3.63) is 47.8 Å². The molecular weight excluding hydrogens is 335 g/mol. The van der Waals surface area contributed by atoms with E-state index in [9.17, 15) is 18.0 Å². The number of rotatable bonds is 3. The number of nitrogens with two attached hydrogens (primary N) is 1. The van der Waals surface area contributed by atoms with Gasteiger partial charge in [-0.05, 0) is 18.4 Å². The zero-order valence-corrected chi connectivity index (χ0v) is 13.4. The summed E-state index contributed by atoms with van der Waals surface area (Å²) in [4.78, 5) is 13.3. The molecule has 1 aromatic carbocycles. The third-order valence-corrected chi connectivity index (χ3v) is 4.20.